The highest BCUT2D eigenvalue weighted by Crippen LogP contribution is 2.21. The van der Waals surface area contributed by atoms with Crippen molar-refractivity contribution in [2.45, 2.75) is 0 Å². The van der Waals surface area contributed by atoms with Gasteiger partial charge in [0.2, 0.25) is 0 Å². The van der Waals surface area contributed by atoms with Gasteiger partial charge in [-0.15, -0.1) is 0 Å². The number of nitriles is 1. The maximum Gasteiger partial charge on any atom is 0.339 e. The van der Waals surface area contributed by atoms with E-state index in [1.165, 1.54) is 0 Å². The number of esters is 1. The van der Waals surface area contributed by atoms with Crippen molar-refractivity contribution in [1.82, 2.24) is 0 Å². The van der Waals surface area contributed by atoms with Gasteiger partial charge in [-0.2, -0.15) is 5.26 Å². The summed E-state index contributed by atoms with van der Waals surface area (Å²) in [6.45, 7) is -0.279. The average molecular weight is 298 g/mol. The van der Waals surface area contributed by atoms with Crippen molar-refractivity contribution in [3.63, 3.8) is 0 Å². The van der Waals surface area contributed by atoms with Gasteiger partial charge in [-0.25, -0.2) is 4.79 Å². The van der Waals surface area contributed by atoms with Gasteiger partial charge in [0, 0.05) is 5.02 Å². The van der Waals surface area contributed by atoms with E-state index in [9.17, 15) is 4.79 Å². The summed E-state index contributed by atoms with van der Waals surface area (Å²) in [5.41, 5.74) is 1.94. The van der Waals surface area contributed by atoms with Crippen molar-refractivity contribution in [2.24, 2.45) is 0 Å². The van der Waals surface area contributed by atoms with Gasteiger partial charge in [0.05, 0.1) is 5.57 Å². The van der Waals surface area contributed by atoms with Crippen molar-refractivity contribution in [3.8, 4) is 6.07 Å². The first-order valence-corrected chi connectivity index (χ1v) is 6.65. The van der Waals surface area contributed by atoms with Crippen LogP contribution in [0.25, 0.3) is 11.6 Å². The number of ether oxygens (including phenoxy) is 1. The molecule has 0 heterocycles. The zero-order valence-corrected chi connectivity index (χ0v) is 11.9. The SMILES string of the molecule is N#CCOC(=O)/C(=C/c1ccccc1)c1ccc(Cl)cc1. The second-order valence-electron chi connectivity index (χ2n) is 4.21. The Morgan fingerprint density at radius 1 is 1.14 bits per heavy atom. The van der Waals surface area contributed by atoms with Crippen LogP contribution in [0.1, 0.15) is 11.1 Å². The lowest BCUT2D eigenvalue weighted by Crippen LogP contribution is -2.07. The Hall–Kier alpha value is -2.57. The molecular weight excluding hydrogens is 286 g/mol. The second kappa shape index (κ2) is 7.28. The molecule has 2 aromatic rings. The molecule has 21 heavy (non-hydrogen) atoms. The fourth-order valence-corrected chi connectivity index (χ4v) is 1.91. The Morgan fingerprint density at radius 3 is 2.43 bits per heavy atom. The van der Waals surface area contributed by atoms with Crippen LogP contribution in [-0.4, -0.2) is 12.6 Å². The first-order chi connectivity index (χ1) is 10.2. The van der Waals surface area contributed by atoms with Crippen LogP contribution in [0.5, 0.6) is 0 Å². The van der Waals surface area contributed by atoms with E-state index < -0.39 is 5.97 Å². The van der Waals surface area contributed by atoms with Crippen molar-refractivity contribution >= 4 is 29.2 Å². The molecule has 0 amide bonds. The van der Waals surface area contributed by atoms with Crippen molar-refractivity contribution in [1.29, 1.82) is 5.26 Å². The van der Waals surface area contributed by atoms with E-state index in [0.29, 0.717) is 16.2 Å². The number of benzene rings is 2. The van der Waals surface area contributed by atoms with Crippen LogP contribution in [0.4, 0.5) is 0 Å². The predicted octanol–water partition coefficient (Wildman–Crippen LogP) is 3.95. The number of hydrogen-bond acceptors (Lipinski definition) is 3. The molecule has 0 atom stereocenters. The van der Waals surface area contributed by atoms with E-state index in [1.54, 1.807) is 36.4 Å². The zero-order valence-electron chi connectivity index (χ0n) is 11.1. The molecule has 0 aliphatic carbocycles. The summed E-state index contributed by atoms with van der Waals surface area (Å²) in [5, 5.41) is 9.12. The van der Waals surface area contributed by atoms with Crippen molar-refractivity contribution < 1.29 is 9.53 Å². The molecule has 104 valence electrons. The van der Waals surface area contributed by atoms with Gasteiger partial charge >= 0.3 is 5.97 Å². The van der Waals surface area contributed by atoms with E-state index in [0.717, 1.165) is 5.56 Å². The minimum absolute atomic E-state index is 0.279. The summed E-state index contributed by atoms with van der Waals surface area (Å²) in [5.74, 6) is -0.539. The monoisotopic (exact) mass is 297 g/mol. The third kappa shape index (κ3) is 4.20. The Kier molecular flexibility index (Phi) is 5.14. The van der Waals surface area contributed by atoms with Crippen molar-refractivity contribution in [3.05, 3.63) is 70.7 Å². The summed E-state index contributed by atoms with van der Waals surface area (Å²) >= 11 is 5.86. The van der Waals surface area contributed by atoms with Crippen LogP contribution in [0.15, 0.2) is 54.6 Å². The third-order valence-electron chi connectivity index (χ3n) is 2.75. The summed E-state index contributed by atoms with van der Waals surface area (Å²) in [4.78, 5) is 12.1. The fraction of sp³-hybridized carbons (Fsp3) is 0.0588. The molecule has 3 nitrogen and oxygen atoms in total. The Labute approximate surface area is 128 Å². The lowest BCUT2D eigenvalue weighted by molar-refractivity contribution is -0.135. The molecule has 0 N–H and O–H groups in total. The van der Waals surface area contributed by atoms with E-state index in [4.69, 9.17) is 21.6 Å². The average Bonchev–Trinajstić information content (AvgIpc) is 2.52. The van der Waals surface area contributed by atoms with Gasteiger partial charge in [0.15, 0.2) is 6.61 Å². The van der Waals surface area contributed by atoms with Crippen LogP contribution < -0.4 is 0 Å². The second-order valence-corrected chi connectivity index (χ2v) is 4.65. The standard InChI is InChI=1S/C17H12ClNO2/c18-15-8-6-14(7-9-15)16(17(20)21-11-10-19)12-13-4-2-1-3-5-13/h1-9,12H,11H2/b16-12+. The van der Waals surface area contributed by atoms with E-state index in [1.807, 2.05) is 30.3 Å². The van der Waals surface area contributed by atoms with Crippen LogP contribution in [0.2, 0.25) is 5.02 Å². The molecule has 0 aliphatic heterocycles. The van der Waals surface area contributed by atoms with Gasteiger partial charge < -0.3 is 4.74 Å². The smallest absolute Gasteiger partial charge is 0.339 e. The largest absolute Gasteiger partial charge is 0.447 e. The van der Waals surface area contributed by atoms with Crippen LogP contribution in [0, 0.1) is 11.3 Å². The number of nitrogens with zero attached hydrogens (tertiary/aromatic N) is 1. The first kappa shape index (κ1) is 14.8. The molecule has 0 saturated carbocycles. The minimum atomic E-state index is -0.539. The number of hydrogen-bond donors (Lipinski definition) is 0. The molecule has 4 heteroatoms. The van der Waals surface area contributed by atoms with E-state index in [-0.39, 0.29) is 6.61 Å². The van der Waals surface area contributed by atoms with Crippen LogP contribution >= 0.6 is 11.6 Å². The fourth-order valence-electron chi connectivity index (χ4n) is 1.78. The lowest BCUT2D eigenvalue weighted by atomic mass is 10.0. The lowest BCUT2D eigenvalue weighted by Gasteiger charge is -2.07. The summed E-state index contributed by atoms with van der Waals surface area (Å²) in [6, 6.07) is 18.1. The molecule has 0 aromatic heterocycles. The topological polar surface area (TPSA) is 50.1 Å². The first-order valence-electron chi connectivity index (χ1n) is 6.27. The van der Waals surface area contributed by atoms with E-state index >= 15 is 0 Å². The number of carbonyl (C=O) groups is 1. The molecule has 0 spiro atoms. The predicted molar refractivity (Wildman–Crippen MR) is 82.3 cm³/mol. The number of rotatable bonds is 4. The molecule has 2 aromatic carbocycles. The van der Waals surface area contributed by atoms with Gasteiger partial charge in [-0.05, 0) is 29.3 Å². The normalized spacial score (nSPS) is 10.8. The zero-order chi connectivity index (χ0) is 15.1. The van der Waals surface area contributed by atoms with Crippen LogP contribution in [-0.2, 0) is 9.53 Å². The number of carbonyl (C=O) groups excluding carboxylic acids is 1. The molecule has 0 saturated heterocycles. The maximum absolute atomic E-state index is 12.1. The summed E-state index contributed by atoms with van der Waals surface area (Å²) < 4.78 is 4.91. The highest BCUT2D eigenvalue weighted by Gasteiger charge is 2.13. The Morgan fingerprint density at radius 2 is 1.81 bits per heavy atom. The quantitative estimate of drug-likeness (QED) is 0.488. The van der Waals surface area contributed by atoms with Gasteiger partial charge in [-0.3, -0.25) is 0 Å². The summed E-state index contributed by atoms with van der Waals surface area (Å²) in [6.07, 6.45) is 1.73. The molecule has 0 aliphatic rings. The summed E-state index contributed by atoms with van der Waals surface area (Å²) in [7, 11) is 0. The molecule has 0 unspecified atom stereocenters. The Balaban J connectivity index is 2.39. The third-order valence-corrected chi connectivity index (χ3v) is 3.01. The molecule has 0 radical (unpaired) electrons. The van der Waals surface area contributed by atoms with Gasteiger partial charge in [-0.1, -0.05) is 54.1 Å². The highest BCUT2D eigenvalue weighted by molar-refractivity contribution is 6.30. The number of halogens is 1. The van der Waals surface area contributed by atoms with Crippen molar-refractivity contribution in [2.75, 3.05) is 6.61 Å². The maximum atomic E-state index is 12.1. The Bertz CT molecular complexity index is 685. The van der Waals surface area contributed by atoms with Gasteiger partial charge in [0.25, 0.3) is 0 Å². The molecular formula is C17H12ClNO2. The minimum Gasteiger partial charge on any atom is -0.447 e. The van der Waals surface area contributed by atoms with Crippen LogP contribution in [0.3, 0.4) is 0 Å². The molecule has 0 bridgehead atoms. The molecule has 2 rings (SSSR count). The van der Waals surface area contributed by atoms with E-state index in [2.05, 4.69) is 0 Å². The highest BCUT2D eigenvalue weighted by atomic mass is 35.5. The molecule has 0 fully saturated rings. The van der Waals surface area contributed by atoms with Gasteiger partial charge in [0.1, 0.15) is 6.07 Å².